The minimum absolute atomic E-state index is 0.778. The standard InChI is InChI=1S/C7H8O2S.2C2H5.Al/c1-6-2-4-7(5-3-6)10(8)9;2*1-2;/h2-5H,1H3,(H,8,9);2*1H2,2H3;/q;;;+1/p-1. The zero-order chi connectivity index (χ0) is 11.3. The lowest BCUT2D eigenvalue weighted by molar-refractivity contribution is 0.568. The molecule has 1 rings (SSSR count). The van der Waals surface area contributed by atoms with Crippen LogP contribution < -0.4 is 0 Å². The van der Waals surface area contributed by atoms with Crippen LogP contribution in [0.25, 0.3) is 0 Å². The van der Waals surface area contributed by atoms with E-state index in [0.717, 1.165) is 15.5 Å². The fourth-order valence-corrected chi connectivity index (χ4v) is 4.71. The van der Waals surface area contributed by atoms with Crippen LogP contribution in [0.2, 0.25) is 10.6 Å². The number of benzene rings is 1. The molecule has 0 aliphatic carbocycles. The van der Waals surface area contributed by atoms with Gasteiger partial charge in [0, 0.05) is 0 Å². The van der Waals surface area contributed by atoms with E-state index in [4.69, 9.17) is 3.23 Å². The van der Waals surface area contributed by atoms with E-state index in [2.05, 4.69) is 13.8 Å². The average Bonchev–Trinajstić information content (AvgIpc) is 2.26. The first kappa shape index (κ1) is 12.9. The van der Waals surface area contributed by atoms with Gasteiger partial charge in [-0.05, 0) is 19.1 Å². The van der Waals surface area contributed by atoms with Crippen LogP contribution >= 0.6 is 0 Å². The minimum atomic E-state index is -1.26. The summed E-state index contributed by atoms with van der Waals surface area (Å²) in [5, 5.41) is 2.07. The smallest absolute Gasteiger partial charge is 0.413 e. The molecule has 15 heavy (non-hydrogen) atoms. The maximum absolute atomic E-state index is 11.8. The summed E-state index contributed by atoms with van der Waals surface area (Å²) in [6.45, 7) is 6.22. The van der Waals surface area contributed by atoms with E-state index in [1.54, 1.807) is 0 Å². The summed E-state index contributed by atoms with van der Waals surface area (Å²) in [6, 6.07) is 7.68. The van der Waals surface area contributed by atoms with E-state index in [-0.39, 0.29) is 0 Å². The summed E-state index contributed by atoms with van der Waals surface area (Å²) < 4.78 is 17.4. The zero-order valence-corrected chi connectivity index (χ0v) is 11.5. The van der Waals surface area contributed by atoms with E-state index < -0.39 is 25.6 Å². The molecule has 1 atom stereocenters. The Kier molecular flexibility index (Phi) is 5.56. The molecular formula is C11H17AlO2S. The summed E-state index contributed by atoms with van der Waals surface area (Å²) >= 11 is -2.49. The Morgan fingerprint density at radius 3 is 2.20 bits per heavy atom. The Hall–Kier alpha value is -0.138. The number of hydrogen-bond acceptors (Lipinski definition) is 2. The van der Waals surface area contributed by atoms with Crippen LogP contribution in [0.3, 0.4) is 0 Å². The minimum Gasteiger partial charge on any atom is -0.413 e. The van der Waals surface area contributed by atoms with Gasteiger partial charge >= 0.3 is 14.5 Å². The van der Waals surface area contributed by atoms with Gasteiger partial charge in [-0.15, -0.1) is 0 Å². The SMILES string of the molecule is C[CH2][Al]([CH2]C)[O]S(=O)c1ccc(C)cc1. The van der Waals surface area contributed by atoms with Gasteiger partial charge in [0.25, 0.3) is 0 Å². The Balaban J connectivity index is 2.64. The largest absolute Gasteiger partial charge is 0.480 e. The molecule has 4 heteroatoms. The molecule has 2 nitrogen and oxygen atoms in total. The van der Waals surface area contributed by atoms with Crippen LogP contribution in [0, 0.1) is 6.92 Å². The van der Waals surface area contributed by atoms with Crippen LogP contribution in [-0.4, -0.2) is 18.7 Å². The molecule has 0 fully saturated rings. The van der Waals surface area contributed by atoms with Crippen LogP contribution in [0.5, 0.6) is 0 Å². The molecule has 0 saturated carbocycles. The van der Waals surface area contributed by atoms with E-state index in [1.165, 1.54) is 5.56 Å². The van der Waals surface area contributed by atoms with Crippen LogP contribution in [0.4, 0.5) is 0 Å². The lowest BCUT2D eigenvalue weighted by Gasteiger charge is -2.08. The number of rotatable bonds is 5. The van der Waals surface area contributed by atoms with Crippen molar-refractivity contribution in [2.24, 2.45) is 0 Å². The molecule has 0 radical (unpaired) electrons. The molecule has 0 bridgehead atoms. The third-order valence-electron chi connectivity index (χ3n) is 2.35. The third-order valence-corrected chi connectivity index (χ3v) is 6.61. The molecule has 1 unspecified atom stereocenters. The van der Waals surface area contributed by atoms with Gasteiger partial charge in [0.1, 0.15) is 0 Å². The van der Waals surface area contributed by atoms with E-state index in [1.807, 2.05) is 31.2 Å². The second-order valence-corrected chi connectivity index (χ2v) is 8.17. The van der Waals surface area contributed by atoms with Gasteiger partial charge in [0.15, 0.2) is 11.1 Å². The fourth-order valence-electron chi connectivity index (χ4n) is 1.25. The third kappa shape index (κ3) is 4.08. The van der Waals surface area contributed by atoms with E-state index in [9.17, 15) is 4.21 Å². The van der Waals surface area contributed by atoms with Crippen molar-refractivity contribution in [2.45, 2.75) is 36.2 Å². The molecule has 0 saturated heterocycles. The van der Waals surface area contributed by atoms with E-state index >= 15 is 0 Å². The summed E-state index contributed by atoms with van der Waals surface area (Å²) in [5.41, 5.74) is 1.18. The maximum atomic E-state index is 11.8. The van der Waals surface area contributed by atoms with E-state index in [0.29, 0.717) is 0 Å². The zero-order valence-electron chi connectivity index (χ0n) is 9.53. The summed E-state index contributed by atoms with van der Waals surface area (Å²) in [4.78, 5) is 0.778. The second kappa shape index (κ2) is 6.45. The molecule has 1 aromatic rings. The van der Waals surface area contributed by atoms with Gasteiger partial charge in [-0.2, -0.15) is 0 Å². The molecule has 0 aliphatic rings. The monoisotopic (exact) mass is 240 g/mol. The average molecular weight is 240 g/mol. The van der Waals surface area contributed by atoms with Gasteiger partial charge in [-0.3, -0.25) is 0 Å². The summed E-state index contributed by atoms with van der Waals surface area (Å²) in [7, 11) is 0. The molecule has 0 aliphatic heterocycles. The summed E-state index contributed by atoms with van der Waals surface area (Å²) in [5.74, 6) is 0. The maximum Gasteiger partial charge on any atom is 0.480 e. The van der Waals surface area contributed by atoms with Gasteiger partial charge in [-0.25, -0.2) is 4.21 Å². The first-order chi connectivity index (χ1) is 7.17. The molecule has 1 aromatic carbocycles. The van der Waals surface area contributed by atoms with Gasteiger partial charge in [0.2, 0.25) is 0 Å². The normalized spacial score (nSPS) is 12.5. The van der Waals surface area contributed by atoms with Crippen molar-refractivity contribution in [1.82, 2.24) is 0 Å². The highest BCUT2D eigenvalue weighted by atomic mass is 32.2. The quantitative estimate of drug-likeness (QED) is 0.739. The number of aryl methyl sites for hydroxylation is 1. The molecule has 0 amide bonds. The predicted molar refractivity (Wildman–Crippen MR) is 65.4 cm³/mol. The highest BCUT2D eigenvalue weighted by Crippen LogP contribution is 2.12. The molecule has 0 spiro atoms. The highest BCUT2D eigenvalue weighted by Gasteiger charge is 2.19. The first-order valence-electron chi connectivity index (χ1n) is 5.33. The molecule has 0 aromatic heterocycles. The predicted octanol–water partition coefficient (Wildman–Crippen LogP) is 3.07. The Bertz CT molecular complexity index is 320. The van der Waals surface area contributed by atoms with Crippen molar-refractivity contribution >= 4 is 25.6 Å². The molecule has 0 N–H and O–H groups in total. The van der Waals surface area contributed by atoms with Crippen LogP contribution in [0.15, 0.2) is 29.2 Å². The van der Waals surface area contributed by atoms with Crippen molar-refractivity contribution in [3.05, 3.63) is 29.8 Å². The Labute approximate surface area is 99.0 Å². The fraction of sp³-hybridized carbons (Fsp3) is 0.455. The van der Waals surface area contributed by atoms with Gasteiger partial charge in [0.05, 0.1) is 4.90 Å². The van der Waals surface area contributed by atoms with Crippen molar-refractivity contribution in [3.63, 3.8) is 0 Å². The molecule has 82 valence electrons. The second-order valence-electron chi connectivity index (χ2n) is 3.58. The van der Waals surface area contributed by atoms with Crippen molar-refractivity contribution in [1.29, 1.82) is 0 Å². The first-order valence-corrected chi connectivity index (χ1v) is 8.50. The number of hydrogen-bond donors (Lipinski definition) is 0. The molecular weight excluding hydrogens is 223 g/mol. The van der Waals surface area contributed by atoms with Gasteiger partial charge in [-0.1, -0.05) is 42.1 Å². The Morgan fingerprint density at radius 2 is 1.73 bits per heavy atom. The Morgan fingerprint density at radius 1 is 1.20 bits per heavy atom. The lowest BCUT2D eigenvalue weighted by atomic mass is 10.2. The van der Waals surface area contributed by atoms with Crippen molar-refractivity contribution in [2.75, 3.05) is 0 Å². The van der Waals surface area contributed by atoms with Crippen LogP contribution in [0.1, 0.15) is 19.4 Å². The summed E-state index contributed by atoms with van der Waals surface area (Å²) in [6.07, 6.45) is 0. The van der Waals surface area contributed by atoms with Crippen LogP contribution in [-0.2, 0) is 14.3 Å². The highest BCUT2D eigenvalue weighted by molar-refractivity contribution is 7.81. The van der Waals surface area contributed by atoms with Crippen molar-refractivity contribution < 1.29 is 7.44 Å². The lowest BCUT2D eigenvalue weighted by Crippen LogP contribution is -2.16. The van der Waals surface area contributed by atoms with Crippen molar-refractivity contribution in [3.8, 4) is 0 Å². The molecule has 0 heterocycles. The topological polar surface area (TPSA) is 26.3 Å². The van der Waals surface area contributed by atoms with Gasteiger partial charge < -0.3 is 3.23 Å².